The van der Waals surface area contributed by atoms with E-state index in [0.29, 0.717) is 9.75 Å². The molecule has 5 nitrogen and oxygen atoms in total. The molecule has 1 aromatic heterocycles. The maximum absolute atomic E-state index is 11.5. The molecule has 0 saturated heterocycles. The first-order valence-electron chi connectivity index (χ1n) is 4.47. The van der Waals surface area contributed by atoms with Gasteiger partial charge in [0.15, 0.2) is 0 Å². The average Bonchev–Trinajstić information content (AvgIpc) is 2.77. The third-order valence-electron chi connectivity index (χ3n) is 1.76. The van der Waals surface area contributed by atoms with Crippen molar-refractivity contribution in [2.45, 2.75) is 13.0 Å². The van der Waals surface area contributed by atoms with Crippen LogP contribution in [0.3, 0.4) is 0 Å². The van der Waals surface area contributed by atoms with Gasteiger partial charge in [0.25, 0.3) is 5.91 Å². The first kappa shape index (κ1) is 12.2. The lowest BCUT2D eigenvalue weighted by atomic mass is 10.3. The number of rotatable bonds is 3. The van der Waals surface area contributed by atoms with Crippen molar-refractivity contribution in [2.75, 3.05) is 7.11 Å². The molecule has 0 aliphatic rings. The Bertz CT molecular complexity index is 447. The van der Waals surface area contributed by atoms with E-state index in [1.165, 1.54) is 19.2 Å². The summed E-state index contributed by atoms with van der Waals surface area (Å²) in [5.74, 6) is -0.841. The van der Waals surface area contributed by atoms with Crippen molar-refractivity contribution in [1.82, 2.24) is 5.32 Å². The largest absolute Gasteiger partial charge is 0.465 e. The van der Waals surface area contributed by atoms with Crippen LogP contribution < -0.4 is 5.32 Å². The number of hydrogen-bond acceptors (Lipinski definition) is 5. The topological polar surface area (TPSA) is 79.2 Å². The van der Waals surface area contributed by atoms with Crippen molar-refractivity contribution in [3.8, 4) is 6.07 Å². The lowest BCUT2D eigenvalue weighted by molar-refractivity contribution is 0.0606. The summed E-state index contributed by atoms with van der Waals surface area (Å²) < 4.78 is 4.52. The van der Waals surface area contributed by atoms with Gasteiger partial charge in [-0.3, -0.25) is 4.79 Å². The van der Waals surface area contributed by atoms with Crippen LogP contribution in [0.25, 0.3) is 0 Å². The number of nitrogens with one attached hydrogen (secondary N) is 1. The van der Waals surface area contributed by atoms with Gasteiger partial charge in [-0.25, -0.2) is 4.79 Å². The predicted molar refractivity (Wildman–Crippen MR) is 58.2 cm³/mol. The van der Waals surface area contributed by atoms with Crippen LogP contribution in [-0.2, 0) is 4.74 Å². The molecule has 0 bridgehead atoms. The van der Waals surface area contributed by atoms with Crippen molar-refractivity contribution < 1.29 is 14.3 Å². The molecule has 0 fully saturated rings. The molecule has 0 radical (unpaired) electrons. The Labute approximate surface area is 96.6 Å². The number of nitrogens with zero attached hydrogens (tertiary/aromatic N) is 1. The smallest absolute Gasteiger partial charge is 0.348 e. The summed E-state index contributed by atoms with van der Waals surface area (Å²) in [6.45, 7) is 1.58. The van der Waals surface area contributed by atoms with Crippen LogP contribution in [0.15, 0.2) is 12.1 Å². The molecule has 84 valence electrons. The van der Waals surface area contributed by atoms with Gasteiger partial charge in [0.2, 0.25) is 0 Å². The van der Waals surface area contributed by atoms with Crippen molar-refractivity contribution in [3.63, 3.8) is 0 Å². The Morgan fingerprint density at radius 2 is 2.12 bits per heavy atom. The predicted octanol–water partition coefficient (Wildman–Crippen LogP) is 1.18. The van der Waals surface area contributed by atoms with Crippen LogP contribution in [0.4, 0.5) is 0 Å². The zero-order valence-electron chi connectivity index (χ0n) is 8.81. The average molecular weight is 238 g/mol. The number of carbonyl (C=O) groups excluding carboxylic acids is 2. The monoisotopic (exact) mass is 238 g/mol. The standard InChI is InChI=1S/C10H10N2O3S/c1-6(5-11)12-9(13)7-3-4-8(16-7)10(14)15-2/h3-4,6H,1-2H3,(H,12,13). The van der Waals surface area contributed by atoms with Crippen LogP contribution in [0.1, 0.15) is 26.3 Å². The highest BCUT2D eigenvalue weighted by atomic mass is 32.1. The number of thiophene rings is 1. The minimum atomic E-state index is -0.559. The third kappa shape index (κ3) is 2.81. The molecule has 0 saturated carbocycles. The Kier molecular flexibility index (Phi) is 4.03. The van der Waals surface area contributed by atoms with E-state index in [0.717, 1.165) is 11.3 Å². The van der Waals surface area contributed by atoms with E-state index >= 15 is 0 Å². The fraction of sp³-hybridized carbons (Fsp3) is 0.300. The number of carbonyl (C=O) groups is 2. The summed E-state index contributed by atoms with van der Waals surface area (Å²) in [5.41, 5.74) is 0. The molecule has 1 N–H and O–H groups in total. The highest BCUT2D eigenvalue weighted by molar-refractivity contribution is 7.15. The molecule has 1 unspecified atom stereocenters. The van der Waals surface area contributed by atoms with Gasteiger partial charge >= 0.3 is 5.97 Å². The Hall–Kier alpha value is -1.87. The van der Waals surface area contributed by atoms with Gasteiger partial charge in [-0.1, -0.05) is 0 Å². The first-order valence-corrected chi connectivity index (χ1v) is 5.28. The summed E-state index contributed by atoms with van der Waals surface area (Å²) in [5, 5.41) is 11.0. The molecule has 1 amide bonds. The van der Waals surface area contributed by atoms with E-state index in [1.807, 2.05) is 6.07 Å². The van der Waals surface area contributed by atoms with Crippen molar-refractivity contribution in [2.24, 2.45) is 0 Å². The van der Waals surface area contributed by atoms with Gasteiger partial charge < -0.3 is 10.1 Å². The quantitative estimate of drug-likeness (QED) is 0.802. The van der Waals surface area contributed by atoms with Gasteiger partial charge in [0.1, 0.15) is 10.9 Å². The molecule has 0 spiro atoms. The van der Waals surface area contributed by atoms with Crippen LogP contribution in [-0.4, -0.2) is 25.0 Å². The number of esters is 1. The van der Waals surface area contributed by atoms with Crippen LogP contribution >= 0.6 is 11.3 Å². The molecule has 0 aliphatic carbocycles. The van der Waals surface area contributed by atoms with Crippen molar-refractivity contribution in [3.05, 3.63) is 21.9 Å². The molecular weight excluding hydrogens is 228 g/mol. The Morgan fingerprint density at radius 3 is 2.69 bits per heavy atom. The van der Waals surface area contributed by atoms with Crippen molar-refractivity contribution in [1.29, 1.82) is 5.26 Å². The Morgan fingerprint density at radius 1 is 1.50 bits per heavy atom. The second-order valence-corrected chi connectivity index (χ2v) is 4.06. The maximum Gasteiger partial charge on any atom is 0.348 e. The third-order valence-corrected chi connectivity index (χ3v) is 2.82. The summed E-state index contributed by atoms with van der Waals surface area (Å²) in [6, 6.07) is 4.37. The first-order chi connectivity index (χ1) is 7.58. The number of nitriles is 1. The van der Waals surface area contributed by atoms with Gasteiger partial charge in [-0.05, 0) is 19.1 Å². The highest BCUT2D eigenvalue weighted by Crippen LogP contribution is 2.17. The minimum absolute atomic E-state index is 0.359. The van der Waals surface area contributed by atoms with E-state index in [9.17, 15) is 9.59 Å². The van der Waals surface area contributed by atoms with E-state index in [2.05, 4.69) is 10.1 Å². The fourth-order valence-electron chi connectivity index (χ4n) is 0.970. The highest BCUT2D eigenvalue weighted by Gasteiger charge is 2.15. The SMILES string of the molecule is COC(=O)c1ccc(C(=O)NC(C)C#N)s1. The molecule has 0 aromatic carbocycles. The van der Waals surface area contributed by atoms with Gasteiger partial charge in [0, 0.05) is 0 Å². The molecule has 1 heterocycles. The number of ether oxygens (including phenoxy) is 1. The second-order valence-electron chi connectivity index (χ2n) is 2.98. The lowest BCUT2D eigenvalue weighted by Crippen LogP contribution is -2.30. The molecule has 0 aliphatic heterocycles. The van der Waals surface area contributed by atoms with Crippen LogP contribution in [0, 0.1) is 11.3 Å². The van der Waals surface area contributed by atoms with E-state index in [4.69, 9.17) is 5.26 Å². The molecule has 1 aromatic rings. The van der Waals surface area contributed by atoms with E-state index in [1.54, 1.807) is 6.92 Å². The number of methoxy groups -OCH3 is 1. The van der Waals surface area contributed by atoms with Gasteiger partial charge in [-0.2, -0.15) is 5.26 Å². The minimum Gasteiger partial charge on any atom is -0.465 e. The fourth-order valence-corrected chi connectivity index (χ4v) is 1.80. The lowest BCUT2D eigenvalue weighted by Gasteiger charge is -2.03. The van der Waals surface area contributed by atoms with Gasteiger partial charge in [0.05, 0.1) is 18.1 Å². The zero-order valence-corrected chi connectivity index (χ0v) is 9.63. The molecule has 6 heteroatoms. The summed E-state index contributed by atoms with van der Waals surface area (Å²) in [7, 11) is 1.28. The maximum atomic E-state index is 11.5. The number of amides is 1. The van der Waals surface area contributed by atoms with Gasteiger partial charge in [-0.15, -0.1) is 11.3 Å². The van der Waals surface area contributed by atoms with Crippen LogP contribution in [0.2, 0.25) is 0 Å². The van der Waals surface area contributed by atoms with Crippen LogP contribution in [0.5, 0.6) is 0 Å². The van der Waals surface area contributed by atoms with E-state index in [-0.39, 0.29) is 5.91 Å². The zero-order chi connectivity index (χ0) is 12.1. The summed E-state index contributed by atoms with van der Waals surface area (Å²) in [4.78, 5) is 23.4. The molecule has 1 rings (SSSR count). The van der Waals surface area contributed by atoms with Crippen molar-refractivity contribution >= 4 is 23.2 Å². The molecule has 16 heavy (non-hydrogen) atoms. The molecule has 1 atom stereocenters. The summed E-state index contributed by atoms with van der Waals surface area (Å²) >= 11 is 1.03. The second kappa shape index (κ2) is 5.28. The van der Waals surface area contributed by atoms with E-state index < -0.39 is 12.0 Å². The molecular formula is C10H10N2O3S. The Balaban J connectivity index is 2.75. The number of hydrogen-bond donors (Lipinski definition) is 1. The normalized spacial score (nSPS) is 11.3. The summed E-state index contributed by atoms with van der Waals surface area (Å²) in [6.07, 6.45) is 0.